The topological polar surface area (TPSA) is 59.8 Å². The third kappa shape index (κ3) is 5.64. The smallest absolute Gasteiger partial charge is 0.237 e. The van der Waals surface area contributed by atoms with Crippen molar-refractivity contribution in [1.29, 1.82) is 0 Å². The Morgan fingerprint density at radius 2 is 1.67 bits per heavy atom. The number of aromatic nitrogens is 3. The Bertz CT molecular complexity index is 1220. The Hall–Kier alpha value is -3.09. The minimum atomic E-state index is -0.367. The summed E-state index contributed by atoms with van der Waals surface area (Å²) < 4.78 is 2.01. The number of carbonyl (C=O) groups excluding carboxylic acids is 1. The van der Waals surface area contributed by atoms with Crippen LogP contribution in [0.3, 0.4) is 0 Å². The van der Waals surface area contributed by atoms with Gasteiger partial charge in [-0.1, -0.05) is 84.9 Å². The molecule has 0 radical (unpaired) electrons. The second-order valence-corrected chi connectivity index (χ2v) is 9.37. The van der Waals surface area contributed by atoms with E-state index in [1.165, 1.54) is 17.3 Å². The summed E-state index contributed by atoms with van der Waals surface area (Å²) in [6, 6.07) is 25.6. The van der Waals surface area contributed by atoms with E-state index in [0.29, 0.717) is 22.5 Å². The summed E-state index contributed by atoms with van der Waals surface area (Å²) in [5.74, 6) is 0.590. The molecule has 0 saturated carbocycles. The van der Waals surface area contributed by atoms with Crippen LogP contribution in [0, 0.1) is 0 Å². The molecule has 4 aromatic rings. The van der Waals surface area contributed by atoms with Crippen molar-refractivity contribution in [3.63, 3.8) is 0 Å². The Kier molecular flexibility index (Phi) is 7.47. The van der Waals surface area contributed by atoms with E-state index in [1.54, 1.807) is 0 Å². The number of hydrogen-bond acceptors (Lipinski definition) is 4. The van der Waals surface area contributed by atoms with E-state index in [4.69, 9.17) is 11.6 Å². The van der Waals surface area contributed by atoms with Crippen LogP contribution in [0.4, 0.5) is 5.69 Å². The highest BCUT2D eigenvalue weighted by Crippen LogP contribution is 2.31. The highest BCUT2D eigenvalue weighted by Gasteiger charge is 2.22. The van der Waals surface area contributed by atoms with Crippen molar-refractivity contribution in [2.24, 2.45) is 0 Å². The molecule has 0 bridgehead atoms. The third-order valence-electron chi connectivity index (χ3n) is 5.30. The number of nitrogens with one attached hydrogen (secondary N) is 1. The van der Waals surface area contributed by atoms with Crippen LogP contribution >= 0.6 is 23.4 Å². The Morgan fingerprint density at radius 3 is 2.36 bits per heavy atom. The van der Waals surface area contributed by atoms with Gasteiger partial charge in [0.2, 0.25) is 5.91 Å². The summed E-state index contributed by atoms with van der Waals surface area (Å²) in [6.07, 6.45) is 0.964. The number of hydrogen-bond donors (Lipinski definition) is 1. The molecule has 3 aromatic carbocycles. The molecule has 0 aliphatic rings. The fourth-order valence-electron chi connectivity index (χ4n) is 3.41. The van der Waals surface area contributed by atoms with Crippen LogP contribution in [0.1, 0.15) is 25.0 Å². The van der Waals surface area contributed by atoms with Crippen LogP contribution in [-0.2, 0) is 17.8 Å². The number of carbonyl (C=O) groups is 1. The molecule has 4 rings (SSSR count). The van der Waals surface area contributed by atoms with Crippen molar-refractivity contribution in [2.75, 3.05) is 5.32 Å². The van der Waals surface area contributed by atoms with Crippen LogP contribution in [0.25, 0.3) is 11.4 Å². The standard InChI is InChI=1S/C26H25ClN4OS/c1-3-19-13-15-21(16-14-19)28-25(32)18(2)33-26-30-29-24(22-11-7-8-12-23(22)27)31(26)17-20-9-5-4-6-10-20/h4-16,18H,3,17H2,1-2H3,(H,28,32)/t18-/m1/s1. The first-order valence-corrected chi connectivity index (χ1v) is 12.1. The number of benzene rings is 3. The first kappa shape index (κ1) is 23.1. The Labute approximate surface area is 203 Å². The van der Waals surface area contributed by atoms with Gasteiger partial charge in [0.25, 0.3) is 0 Å². The molecule has 33 heavy (non-hydrogen) atoms. The van der Waals surface area contributed by atoms with Crippen molar-refractivity contribution in [3.05, 3.63) is 95.0 Å². The van der Waals surface area contributed by atoms with Crippen molar-refractivity contribution in [3.8, 4) is 11.4 Å². The maximum absolute atomic E-state index is 12.9. The number of nitrogens with zero attached hydrogens (tertiary/aromatic N) is 3. The van der Waals surface area contributed by atoms with Crippen LogP contribution in [0.15, 0.2) is 84.0 Å². The zero-order chi connectivity index (χ0) is 23.2. The number of rotatable bonds is 8. The lowest BCUT2D eigenvalue weighted by atomic mass is 10.1. The zero-order valence-corrected chi connectivity index (χ0v) is 20.1. The predicted octanol–water partition coefficient (Wildman–Crippen LogP) is 6.33. The van der Waals surface area contributed by atoms with E-state index in [9.17, 15) is 4.79 Å². The minimum absolute atomic E-state index is 0.0854. The fraction of sp³-hybridized carbons (Fsp3) is 0.192. The van der Waals surface area contributed by atoms with E-state index >= 15 is 0 Å². The monoisotopic (exact) mass is 476 g/mol. The summed E-state index contributed by atoms with van der Waals surface area (Å²) in [4.78, 5) is 12.9. The SMILES string of the molecule is CCc1ccc(NC(=O)[C@@H](C)Sc2nnc(-c3ccccc3Cl)n2Cc2ccccc2)cc1. The molecule has 0 saturated heterocycles. The summed E-state index contributed by atoms with van der Waals surface area (Å²) in [7, 11) is 0. The molecule has 1 aromatic heterocycles. The molecule has 1 N–H and O–H groups in total. The number of aryl methyl sites for hydroxylation is 1. The van der Waals surface area contributed by atoms with Gasteiger partial charge in [-0.05, 0) is 48.7 Å². The summed E-state index contributed by atoms with van der Waals surface area (Å²) in [6.45, 7) is 4.55. The second-order valence-electron chi connectivity index (χ2n) is 7.66. The van der Waals surface area contributed by atoms with E-state index in [0.717, 1.165) is 23.2 Å². The van der Waals surface area contributed by atoms with Crippen LogP contribution < -0.4 is 5.32 Å². The van der Waals surface area contributed by atoms with Crippen LogP contribution in [-0.4, -0.2) is 25.9 Å². The Morgan fingerprint density at radius 1 is 0.970 bits per heavy atom. The van der Waals surface area contributed by atoms with Crippen molar-refractivity contribution in [1.82, 2.24) is 14.8 Å². The number of thioether (sulfide) groups is 1. The predicted molar refractivity (Wildman–Crippen MR) is 136 cm³/mol. The van der Waals surface area contributed by atoms with E-state index < -0.39 is 0 Å². The number of anilines is 1. The van der Waals surface area contributed by atoms with Gasteiger partial charge in [-0.15, -0.1) is 10.2 Å². The molecule has 0 unspecified atom stereocenters. The van der Waals surface area contributed by atoms with Gasteiger partial charge in [-0.2, -0.15) is 0 Å². The second kappa shape index (κ2) is 10.7. The highest BCUT2D eigenvalue weighted by atomic mass is 35.5. The van der Waals surface area contributed by atoms with E-state index in [1.807, 2.05) is 78.2 Å². The summed E-state index contributed by atoms with van der Waals surface area (Å²) in [5.41, 5.74) is 3.94. The molecular weight excluding hydrogens is 452 g/mol. The molecule has 1 heterocycles. The van der Waals surface area contributed by atoms with Crippen molar-refractivity contribution in [2.45, 2.75) is 37.2 Å². The van der Waals surface area contributed by atoms with Crippen LogP contribution in [0.5, 0.6) is 0 Å². The molecule has 0 fully saturated rings. The molecule has 5 nitrogen and oxygen atoms in total. The first-order valence-electron chi connectivity index (χ1n) is 10.8. The van der Waals surface area contributed by atoms with Crippen molar-refractivity contribution >= 4 is 35.0 Å². The molecule has 1 amide bonds. The molecule has 0 aliphatic heterocycles. The van der Waals surface area contributed by atoms with Gasteiger partial charge in [0.05, 0.1) is 16.8 Å². The lowest BCUT2D eigenvalue weighted by Crippen LogP contribution is -2.23. The van der Waals surface area contributed by atoms with Gasteiger partial charge in [-0.25, -0.2) is 0 Å². The van der Waals surface area contributed by atoms with Gasteiger partial charge < -0.3 is 5.32 Å². The van der Waals surface area contributed by atoms with E-state index in [-0.39, 0.29) is 11.2 Å². The zero-order valence-electron chi connectivity index (χ0n) is 18.5. The van der Waals surface area contributed by atoms with Gasteiger partial charge in [0, 0.05) is 11.3 Å². The fourth-order valence-corrected chi connectivity index (χ4v) is 4.47. The average Bonchev–Trinajstić information content (AvgIpc) is 3.22. The minimum Gasteiger partial charge on any atom is -0.325 e. The van der Waals surface area contributed by atoms with Crippen molar-refractivity contribution < 1.29 is 4.79 Å². The quantitative estimate of drug-likeness (QED) is 0.302. The maximum atomic E-state index is 12.9. The molecular formula is C26H25ClN4OS. The average molecular weight is 477 g/mol. The van der Waals surface area contributed by atoms with Gasteiger partial charge in [0.1, 0.15) is 0 Å². The number of amides is 1. The molecule has 1 atom stereocenters. The van der Waals surface area contributed by atoms with E-state index in [2.05, 4.69) is 34.6 Å². The first-order chi connectivity index (χ1) is 16.0. The summed E-state index contributed by atoms with van der Waals surface area (Å²) in [5, 5.41) is 12.8. The normalized spacial score (nSPS) is 11.8. The highest BCUT2D eigenvalue weighted by molar-refractivity contribution is 8.00. The Balaban J connectivity index is 1.58. The summed E-state index contributed by atoms with van der Waals surface area (Å²) >= 11 is 7.84. The third-order valence-corrected chi connectivity index (χ3v) is 6.71. The van der Waals surface area contributed by atoms with Crippen LogP contribution in [0.2, 0.25) is 5.02 Å². The largest absolute Gasteiger partial charge is 0.325 e. The van der Waals surface area contributed by atoms with Gasteiger partial charge in [0.15, 0.2) is 11.0 Å². The molecule has 0 aliphatic carbocycles. The molecule has 0 spiro atoms. The van der Waals surface area contributed by atoms with Gasteiger partial charge >= 0.3 is 0 Å². The maximum Gasteiger partial charge on any atom is 0.237 e. The lowest BCUT2D eigenvalue weighted by molar-refractivity contribution is -0.115. The molecule has 168 valence electrons. The number of halogens is 1. The lowest BCUT2D eigenvalue weighted by Gasteiger charge is -2.14. The van der Waals surface area contributed by atoms with Gasteiger partial charge in [-0.3, -0.25) is 9.36 Å². The molecule has 7 heteroatoms.